The molecule has 14 nitrogen and oxygen atoms in total. The zero-order chi connectivity index (χ0) is 24.6. The van der Waals surface area contributed by atoms with Crippen LogP contribution in [0.15, 0.2) is 52.3 Å². The summed E-state index contributed by atoms with van der Waals surface area (Å²) in [6.45, 7) is 0. The van der Waals surface area contributed by atoms with Crippen LogP contribution in [0.5, 0.6) is 11.8 Å². The highest BCUT2D eigenvalue weighted by Crippen LogP contribution is 2.41. The maximum Gasteiger partial charge on any atom is 0.338 e. The fourth-order valence-electron chi connectivity index (χ4n) is 1.72. The van der Waals surface area contributed by atoms with Crippen molar-refractivity contribution in [1.29, 1.82) is 0 Å². The first-order valence-electron chi connectivity index (χ1n) is 7.66. The summed E-state index contributed by atoms with van der Waals surface area (Å²) in [5, 5.41) is 34.9. The second kappa shape index (κ2) is 15.3. The summed E-state index contributed by atoms with van der Waals surface area (Å²) in [5.74, 6) is -2.85. The minimum atomic E-state index is -1.17. The maximum atomic E-state index is 11.0. The average Bonchev–Trinajstić information content (AvgIpc) is 2.67. The highest BCUT2D eigenvalue weighted by molar-refractivity contribution is 9.14. The van der Waals surface area contributed by atoms with Gasteiger partial charge in [-0.1, -0.05) is 0 Å². The normalized spacial score (nSPS) is 9.06. The number of hydrogen-bond donors (Lipinski definition) is 6. The third-order valence-corrected chi connectivity index (χ3v) is 7.25. The molecule has 186 valence electrons. The van der Waals surface area contributed by atoms with Crippen molar-refractivity contribution in [2.24, 2.45) is 0 Å². The lowest BCUT2D eigenvalue weighted by Gasteiger charge is -2.11. The number of carboxylic acids is 2. The Kier molecular flexibility index (Phi) is 15.1. The van der Waals surface area contributed by atoms with E-state index in [0.717, 1.165) is 24.8 Å². The summed E-state index contributed by atoms with van der Waals surface area (Å²) >= 11 is 12.2. The van der Waals surface area contributed by atoms with E-state index in [1.165, 1.54) is 0 Å². The van der Waals surface area contributed by atoms with Crippen molar-refractivity contribution < 1.29 is 41.0 Å². The number of halogens is 4. The summed E-state index contributed by atoms with van der Waals surface area (Å²) in [6, 6.07) is 2.00. The number of carboxylic acid groups (broad SMARTS) is 2. The Balaban J connectivity index is 0. The van der Waals surface area contributed by atoms with E-state index in [1.807, 2.05) is 0 Å². The molecule has 0 atom stereocenters. The van der Waals surface area contributed by atoms with Crippen LogP contribution in [0, 0.1) is 0 Å². The Labute approximate surface area is 221 Å². The largest absolute Gasteiger partial charge is 0.493 e. The van der Waals surface area contributed by atoms with Gasteiger partial charge in [0.2, 0.25) is 11.8 Å². The Bertz CT molecular complexity index is 1140. The van der Waals surface area contributed by atoms with Crippen molar-refractivity contribution >= 4 is 75.7 Å². The number of nitrogens with zero attached hydrogens (tertiary/aromatic N) is 2. The lowest BCUT2D eigenvalue weighted by molar-refractivity contribution is 0.0677. The van der Waals surface area contributed by atoms with Gasteiger partial charge in [0, 0.05) is 17.9 Å². The molecule has 2 aromatic heterocycles. The summed E-state index contributed by atoms with van der Waals surface area (Å²) in [4.78, 5) is 53.6. The van der Waals surface area contributed by atoms with Crippen LogP contribution in [-0.2, 0) is 0 Å². The van der Waals surface area contributed by atoms with E-state index < -0.39 is 11.9 Å². The monoisotopic (exact) mass is 738 g/mol. The van der Waals surface area contributed by atoms with E-state index in [2.05, 4.69) is 83.7 Å². The zero-order valence-electron chi connectivity index (χ0n) is 16.1. The van der Waals surface area contributed by atoms with Crippen molar-refractivity contribution in [3.63, 3.8) is 0 Å². The minimum absolute atomic E-state index is 0. The van der Waals surface area contributed by atoms with Crippen LogP contribution in [0.25, 0.3) is 0 Å². The topological polar surface area (TPSA) is 270 Å². The predicted molar refractivity (Wildman–Crippen MR) is 131 cm³/mol. The summed E-state index contributed by atoms with van der Waals surface area (Å²) in [7, 11) is 0. The van der Waals surface area contributed by atoms with Gasteiger partial charge in [0.1, 0.15) is 0 Å². The molecule has 18 heteroatoms. The molecule has 3 rings (SSSR count). The fourth-order valence-corrected chi connectivity index (χ4v) is 4.52. The minimum Gasteiger partial charge on any atom is -0.493 e. The molecule has 0 amide bonds. The molecule has 0 aliphatic heterocycles. The third kappa shape index (κ3) is 9.69. The summed E-state index contributed by atoms with van der Waals surface area (Å²) in [5.41, 5.74) is -0.803. The van der Waals surface area contributed by atoms with E-state index in [-0.39, 0.29) is 62.8 Å². The highest BCUT2D eigenvalue weighted by atomic mass is 79.9. The van der Waals surface area contributed by atoms with Gasteiger partial charge in [-0.25, -0.2) is 19.6 Å². The molecule has 0 bridgehead atoms. The number of hydrogen-bond acceptors (Lipinski definition) is 8. The first-order valence-corrected chi connectivity index (χ1v) is 10.8. The third-order valence-electron chi connectivity index (χ3n) is 3.02. The number of carbonyl (C=O) groups is 2. The number of aromatic amines is 2. The van der Waals surface area contributed by atoms with Gasteiger partial charge in [-0.2, -0.15) is 0 Å². The van der Waals surface area contributed by atoms with Crippen molar-refractivity contribution in [3.8, 4) is 11.8 Å². The molecule has 0 unspecified atom stereocenters. The van der Waals surface area contributed by atoms with Gasteiger partial charge in [-0.05, 0) is 63.7 Å². The first kappa shape index (κ1) is 33.5. The van der Waals surface area contributed by atoms with E-state index >= 15 is 0 Å². The molecule has 0 aliphatic rings. The number of aromatic carboxylic acids is 2. The quantitative estimate of drug-likeness (QED) is 0.206. The van der Waals surface area contributed by atoms with Crippen LogP contribution in [0.3, 0.4) is 0 Å². The molecule has 3 aromatic rings. The van der Waals surface area contributed by atoms with E-state index in [9.17, 15) is 19.2 Å². The molecule has 0 saturated carbocycles. The number of benzene rings is 1. The summed E-state index contributed by atoms with van der Waals surface area (Å²) in [6.07, 6.45) is 2.27. The SMILES string of the molecule is O.O.O=C(O)c1c(Br)c(Br)c(C(=O)O)c(Br)c1Br.O=c1cc(O)nc[nH]1.O=c1cc(O)nc[nH]1. The van der Waals surface area contributed by atoms with Crippen LogP contribution in [0.1, 0.15) is 20.7 Å². The zero-order valence-corrected chi connectivity index (χ0v) is 22.5. The number of nitrogens with one attached hydrogen (secondary N) is 2. The Morgan fingerprint density at radius 2 is 0.941 bits per heavy atom. The molecule has 0 spiro atoms. The van der Waals surface area contributed by atoms with Crippen LogP contribution in [0.4, 0.5) is 0 Å². The van der Waals surface area contributed by atoms with E-state index in [0.29, 0.717) is 0 Å². The maximum absolute atomic E-state index is 11.0. The van der Waals surface area contributed by atoms with Crippen LogP contribution >= 0.6 is 63.7 Å². The molecule has 1 aromatic carbocycles. The molecule has 0 saturated heterocycles. The first-order chi connectivity index (χ1) is 14.9. The predicted octanol–water partition coefficient (Wildman–Crippen LogP) is 1.43. The lowest BCUT2D eigenvalue weighted by Crippen LogP contribution is -2.07. The van der Waals surface area contributed by atoms with Crippen LogP contribution in [-0.4, -0.2) is 63.3 Å². The average molecular weight is 742 g/mol. The second-order valence-electron chi connectivity index (χ2n) is 5.15. The number of rotatable bonds is 2. The van der Waals surface area contributed by atoms with Gasteiger partial charge in [0.05, 0.1) is 35.9 Å². The molecule has 10 N–H and O–H groups in total. The lowest BCUT2D eigenvalue weighted by atomic mass is 10.1. The summed E-state index contributed by atoms with van der Waals surface area (Å²) < 4.78 is 0.694. The van der Waals surface area contributed by atoms with Gasteiger partial charge < -0.3 is 41.3 Å². The number of H-pyrrole nitrogens is 2. The molecule has 34 heavy (non-hydrogen) atoms. The Hall–Kier alpha value is -2.64. The van der Waals surface area contributed by atoms with Crippen LogP contribution < -0.4 is 11.1 Å². The fraction of sp³-hybridized carbons (Fsp3) is 0. The van der Waals surface area contributed by atoms with E-state index in [4.69, 9.17) is 20.4 Å². The van der Waals surface area contributed by atoms with Crippen molar-refractivity contribution in [2.75, 3.05) is 0 Å². The van der Waals surface area contributed by atoms with Crippen molar-refractivity contribution in [1.82, 2.24) is 19.9 Å². The van der Waals surface area contributed by atoms with Crippen molar-refractivity contribution in [2.45, 2.75) is 0 Å². The van der Waals surface area contributed by atoms with Gasteiger partial charge in [-0.15, -0.1) is 0 Å². The highest BCUT2D eigenvalue weighted by Gasteiger charge is 2.26. The second-order valence-corrected chi connectivity index (χ2v) is 8.33. The molecular formula is C16H14Br4N4O10. The molecule has 0 radical (unpaired) electrons. The number of aromatic nitrogens is 4. The van der Waals surface area contributed by atoms with Gasteiger partial charge in [0.25, 0.3) is 11.1 Å². The smallest absolute Gasteiger partial charge is 0.338 e. The molecule has 0 fully saturated rings. The number of aromatic hydroxyl groups is 2. The van der Waals surface area contributed by atoms with Crippen LogP contribution in [0.2, 0.25) is 0 Å². The Morgan fingerprint density at radius 1 is 0.676 bits per heavy atom. The van der Waals surface area contributed by atoms with Crippen molar-refractivity contribution in [3.05, 3.63) is 74.5 Å². The molecule has 2 heterocycles. The Morgan fingerprint density at radius 3 is 1.09 bits per heavy atom. The molecular weight excluding hydrogens is 728 g/mol. The van der Waals surface area contributed by atoms with E-state index in [1.54, 1.807) is 0 Å². The van der Waals surface area contributed by atoms with Gasteiger partial charge in [-0.3, -0.25) is 9.59 Å². The van der Waals surface area contributed by atoms with Gasteiger partial charge >= 0.3 is 11.9 Å². The van der Waals surface area contributed by atoms with Gasteiger partial charge in [0.15, 0.2) is 0 Å². The molecule has 0 aliphatic carbocycles. The standard InChI is InChI=1S/C8H2Br4O4.2C4H4N2O2.2H2O/c9-3-1(7(13)14)4(10)6(12)2(5(3)11)8(15)16;2*7-3-1-4(8)6-2-5-3;;/h(H,13,14)(H,15,16);2*1-2H,(H2,5,6,7,8);2*1H2.